The van der Waals surface area contributed by atoms with Gasteiger partial charge in [0.05, 0.1) is 0 Å². The Morgan fingerprint density at radius 2 is 2.15 bits per heavy atom. The SMILES string of the molecule is CN(Cc1cccnc1)Cc1ccc(C(N)=S)cc1Cl. The molecule has 0 aliphatic heterocycles. The van der Waals surface area contributed by atoms with E-state index in [0.29, 0.717) is 10.0 Å². The summed E-state index contributed by atoms with van der Waals surface area (Å²) in [6.07, 6.45) is 3.64. The van der Waals surface area contributed by atoms with E-state index in [1.807, 2.05) is 37.5 Å². The lowest BCUT2D eigenvalue weighted by Crippen LogP contribution is -2.18. The molecule has 0 unspecified atom stereocenters. The van der Waals surface area contributed by atoms with Crippen molar-refractivity contribution in [1.82, 2.24) is 9.88 Å². The minimum absolute atomic E-state index is 0.363. The van der Waals surface area contributed by atoms with Crippen LogP contribution in [-0.4, -0.2) is 21.9 Å². The molecule has 2 N–H and O–H groups in total. The Balaban J connectivity index is 2.04. The predicted octanol–water partition coefficient (Wildman–Crippen LogP) is 3.00. The molecule has 20 heavy (non-hydrogen) atoms. The third-order valence-corrected chi connectivity index (χ3v) is 3.54. The Labute approximate surface area is 129 Å². The van der Waals surface area contributed by atoms with Gasteiger partial charge in [-0.05, 0) is 30.3 Å². The Hall–Kier alpha value is -1.49. The number of halogens is 1. The number of hydrogen-bond donors (Lipinski definition) is 1. The highest BCUT2D eigenvalue weighted by Gasteiger charge is 2.07. The molecule has 0 fully saturated rings. The summed E-state index contributed by atoms with van der Waals surface area (Å²) in [4.78, 5) is 6.65. The number of pyridine rings is 1. The molecule has 0 saturated heterocycles. The Kier molecular flexibility index (Phi) is 5.06. The topological polar surface area (TPSA) is 42.2 Å². The van der Waals surface area contributed by atoms with Crippen molar-refractivity contribution >= 4 is 28.8 Å². The maximum atomic E-state index is 6.27. The van der Waals surface area contributed by atoms with Crippen LogP contribution < -0.4 is 5.73 Å². The van der Waals surface area contributed by atoms with E-state index in [1.54, 1.807) is 6.20 Å². The molecule has 3 nitrogen and oxygen atoms in total. The van der Waals surface area contributed by atoms with Crippen LogP contribution in [0.3, 0.4) is 0 Å². The van der Waals surface area contributed by atoms with Crippen molar-refractivity contribution < 1.29 is 0 Å². The maximum Gasteiger partial charge on any atom is 0.104 e. The minimum atomic E-state index is 0.363. The quantitative estimate of drug-likeness (QED) is 0.862. The normalized spacial score (nSPS) is 10.8. The monoisotopic (exact) mass is 305 g/mol. The maximum absolute atomic E-state index is 6.27. The number of benzene rings is 1. The van der Waals surface area contributed by atoms with E-state index < -0.39 is 0 Å². The van der Waals surface area contributed by atoms with Crippen LogP contribution in [0.25, 0.3) is 0 Å². The van der Waals surface area contributed by atoms with E-state index in [-0.39, 0.29) is 0 Å². The van der Waals surface area contributed by atoms with E-state index in [2.05, 4.69) is 16.0 Å². The Morgan fingerprint density at radius 1 is 1.35 bits per heavy atom. The van der Waals surface area contributed by atoms with Crippen LogP contribution in [0.5, 0.6) is 0 Å². The number of aromatic nitrogens is 1. The fourth-order valence-electron chi connectivity index (χ4n) is 1.98. The third kappa shape index (κ3) is 4.00. The van der Waals surface area contributed by atoms with Crippen molar-refractivity contribution in [3.63, 3.8) is 0 Å². The second-order valence-electron chi connectivity index (χ2n) is 4.70. The van der Waals surface area contributed by atoms with E-state index >= 15 is 0 Å². The molecule has 0 amide bonds. The van der Waals surface area contributed by atoms with Crippen molar-refractivity contribution in [3.8, 4) is 0 Å². The molecular weight excluding hydrogens is 290 g/mol. The number of nitrogens with two attached hydrogens (primary N) is 1. The Bertz CT molecular complexity index is 601. The number of hydrogen-bond acceptors (Lipinski definition) is 3. The fourth-order valence-corrected chi connectivity index (χ4v) is 2.35. The van der Waals surface area contributed by atoms with Crippen LogP contribution >= 0.6 is 23.8 Å². The van der Waals surface area contributed by atoms with Gasteiger partial charge in [0, 0.05) is 36.1 Å². The first-order valence-corrected chi connectivity index (χ1v) is 7.00. The van der Waals surface area contributed by atoms with Crippen molar-refractivity contribution in [2.45, 2.75) is 13.1 Å². The van der Waals surface area contributed by atoms with E-state index in [0.717, 1.165) is 24.2 Å². The number of nitrogens with zero attached hydrogens (tertiary/aromatic N) is 2. The molecule has 5 heteroatoms. The summed E-state index contributed by atoms with van der Waals surface area (Å²) in [5.41, 5.74) is 8.61. The second kappa shape index (κ2) is 6.79. The summed E-state index contributed by atoms with van der Waals surface area (Å²) in [6.45, 7) is 1.58. The molecule has 0 saturated carbocycles. The molecule has 0 spiro atoms. The first kappa shape index (κ1) is 14.9. The van der Waals surface area contributed by atoms with Crippen molar-refractivity contribution in [3.05, 3.63) is 64.4 Å². The highest BCUT2D eigenvalue weighted by Crippen LogP contribution is 2.20. The van der Waals surface area contributed by atoms with E-state index in [1.165, 1.54) is 5.56 Å². The van der Waals surface area contributed by atoms with Crippen LogP contribution in [0.2, 0.25) is 5.02 Å². The van der Waals surface area contributed by atoms with Crippen LogP contribution in [0.4, 0.5) is 0 Å². The number of rotatable bonds is 5. The van der Waals surface area contributed by atoms with Gasteiger partial charge in [-0.15, -0.1) is 0 Å². The zero-order chi connectivity index (χ0) is 14.5. The standard InChI is InChI=1S/C15H16ClN3S/c1-19(9-11-3-2-6-18-8-11)10-13-5-4-12(15(17)20)7-14(13)16/h2-8H,9-10H2,1H3,(H2,17,20). The molecule has 2 aromatic rings. The van der Waals surface area contributed by atoms with Gasteiger partial charge in [-0.2, -0.15) is 0 Å². The average Bonchev–Trinajstić information content (AvgIpc) is 2.42. The largest absolute Gasteiger partial charge is 0.389 e. The van der Waals surface area contributed by atoms with Gasteiger partial charge in [-0.3, -0.25) is 9.88 Å². The van der Waals surface area contributed by atoms with Gasteiger partial charge in [-0.1, -0.05) is 42.0 Å². The lowest BCUT2D eigenvalue weighted by atomic mass is 10.1. The molecule has 1 aromatic heterocycles. The van der Waals surface area contributed by atoms with Crippen LogP contribution in [0.1, 0.15) is 16.7 Å². The van der Waals surface area contributed by atoms with Gasteiger partial charge < -0.3 is 5.73 Å². The zero-order valence-corrected chi connectivity index (χ0v) is 12.8. The van der Waals surface area contributed by atoms with Crippen molar-refractivity contribution in [1.29, 1.82) is 0 Å². The van der Waals surface area contributed by atoms with Gasteiger partial charge in [0.15, 0.2) is 0 Å². The molecule has 0 radical (unpaired) electrons. The lowest BCUT2D eigenvalue weighted by molar-refractivity contribution is 0.319. The molecule has 0 bridgehead atoms. The fraction of sp³-hybridized carbons (Fsp3) is 0.200. The van der Waals surface area contributed by atoms with Gasteiger partial charge in [0.1, 0.15) is 4.99 Å². The molecule has 1 heterocycles. The summed E-state index contributed by atoms with van der Waals surface area (Å²) < 4.78 is 0. The molecule has 104 valence electrons. The minimum Gasteiger partial charge on any atom is -0.389 e. The average molecular weight is 306 g/mol. The van der Waals surface area contributed by atoms with Gasteiger partial charge in [0.25, 0.3) is 0 Å². The Morgan fingerprint density at radius 3 is 2.75 bits per heavy atom. The highest BCUT2D eigenvalue weighted by atomic mass is 35.5. The number of thiocarbonyl (C=S) groups is 1. The first-order chi connectivity index (χ1) is 9.56. The summed E-state index contributed by atoms with van der Waals surface area (Å²) in [7, 11) is 2.05. The van der Waals surface area contributed by atoms with E-state index in [4.69, 9.17) is 29.6 Å². The molecule has 1 aromatic carbocycles. The molecule has 0 atom stereocenters. The highest BCUT2D eigenvalue weighted by molar-refractivity contribution is 7.80. The van der Waals surface area contributed by atoms with Crippen LogP contribution in [-0.2, 0) is 13.1 Å². The zero-order valence-electron chi connectivity index (χ0n) is 11.2. The summed E-state index contributed by atoms with van der Waals surface area (Å²) in [5, 5.41) is 0.688. The van der Waals surface area contributed by atoms with Crippen LogP contribution in [0.15, 0.2) is 42.7 Å². The lowest BCUT2D eigenvalue weighted by Gasteiger charge is -2.17. The molecule has 2 rings (SSSR count). The smallest absolute Gasteiger partial charge is 0.104 e. The van der Waals surface area contributed by atoms with Gasteiger partial charge >= 0.3 is 0 Å². The summed E-state index contributed by atoms with van der Waals surface area (Å²) in [6, 6.07) is 9.68. The van der Waals surface area contributed by atoms with Gasteiger partial charge in [0.2, 0.25) is 0 Å². The molecule has 0 aliphatic carbocycles. The predicted molar refractivity (Wildman–Crippen MR) is 86.7 cm³/mol. The molecular formula is C15H16ClN3S. The molecule has 0 aliphatic rings. The summed E-state index contributed by atoms with van der Waals surface area (Å²) in [5.74, 6) is 0. The third-order valence-electron chi connectivity index (χ3n) is 2.95. The van der Waals surface area contributed by atoms with Crippen LogP contribution in [0, 0.1) is 0 Å². The first-order valence-electron chi connectivity index (χ1n) is 6.22. The van der Waals surface area contributed by atoms with E-state index in [9.17, 15) is 0 Å². The second-order valence-corrected chi connectivity index (χ2v) is 5.55. The van der Waals surface area contributed by atoms with Crippen molar-refractivity contribution in [2.75, 3.05) is 7.05 Å². The summed E-state index contributed by atoms with van der Waals surface area (Å²) >= 11 is 11.2. The van der Waals surface area contributed by atoms with Gasteiger partial charge in [-0.25, -0.2) is 0 Å². The van der Waals surface area contributed by atoms with Crippen molar-refractivity contribution in [2.24, 2.45) is 5.73 Å².